The number of pyridine rings is 1. The highest BCUT2D eigenvalue weighted by molar-refractivity contribution is 5.71. The number of hydrogen-bond acceptors (Lipinski definition) is 3. The number of benzene rings is 2. The molecular weight excluding hydrogens is 319 g/mol. The summed E-state index contributed by atoms with van der Waals surface area (Å²) in [4.78, 5) is 16.3. The summed E-state index contributed by atoms with van der Waals surface area (Å²) >= 11 is 0. The van der Waals surface area contributed by atoms with Gasteiger partial charge in [-0.3, -0.25) is 0 Å². The fourth-order valence-corrected chi connectivity index (χ4v) is 2.98. The molecule has 0 spiro atoms. The zero-order valence-electron chi connectivity index (χ0n) is 13.2. The first-order valence-electron chi connectivity index (χ1n) is 7.96. The Bertz CT molecular complexity index is 900. The van der Waals surface area contributed by atoms with Gasteiger partial charge in [-0.05, 0) is 17.7 Å². The molecule has 1 aliphatic heterocycles. The van der Waals surface area contributed by atoms with Gasteiger partial charge in [0.2, 0.25) is 0 Å². The van der Waals surface area contributed by atoms with Crippen molar-refractivity contribution in [3.8, 4) is 11.3 Å². The predicted octanol–water partition coefficient (Wildman–Crippen LogP) is 4.41. The molecule has 1 fully saturated rings. The molecule has 2 atom stereocenters. The lowest BCUT2D eigenvalue weighted by Gasteiger charge is -2.18. The highest BCUT2D eigenvalue weighted by Crippen LogP contribution is 2.37. The van der Waals surface area contributed by atoms with Crippen LogP contribution in [0.15, 0.2) is 72.8 Å². The summed E-state index contributed by atoms with van der Waals surface area (Å²) in [5.41, 5.74) is 2.48. The van der Waals surface area contributed by atoms with Gasteiger partial charge in [-0.2, -0.15) is 0 Å². The third kappa shape index (κ3) is 2.96. The molecule has 4 rings (SSSR count). The normalized spacial score (nSPS) is 19.3. The monoisotopic (exact) mass is 334 g/mol. The summed E-state index contributed by atoms with van der Waals surface area (Å²) in [6, 6.07) is 21.1. The summed E-state index contributed by atoms with van der Waals surface area (Å²) in [6.07, 6.45) is -1.20. The zero-order valence-corrected chi connectivity index (χ0v) is 13.2. The summed E-state index contributed by atoms with van der Waals surface area (Å²) in [6.45, 7) is 0. The van der Waals surface area contributed by atoms with Crippen molar-refractivity contribution < 1.29 is 13.9 Å². The first-order valence-corrected chi connectivity index (χ1v) is 7.96. The minimum absolute atomic E-state index is 0.168. The van der Waals surface area contributed by atoms with Crippen LogP contribution in [0.5, 0.6) is 0 Å². The van der Waals surface area contributed by atoms with E-state index in [1.54, 1.807) is 6.07 Å². The van der Waals surface area contributed by atoms with Crippen molar-refractivity contribution in [3.63, 3.8) is 0 Å². The van der Waals surface area contributed by atoms with Crippen LogP contribution in [0.2, 0.25) is 0 Å². The van der Waals surface area contributed by atoms with Crippen molar-refractivity contribution in [1.82, 2.24) is 10.3 Å². The topological polar surface area (TPSA) is 51.2 Å². The van der Waals surface area contributed by atoms with E-state index in [1.807, 2.05) is 60.7 Å². The van der Waals surface area contributed by atoms with Gasteiger partial charge in [0, 0.05) is 5.56 Å². The molecule has 0 unspecified atom stereocenters. The van der Waals surface area contributed by atoms with E-state index >= 15 is 0 Å². The summed E-state index contributed by atoms with van der Waals surface area (Å²) in [7, 11) is 0. The molecule has 124 valence electrons. The van der Waals surface area contributed by atoms with Gasteiger partial charge in [0.05, 0.1) is 5.69 Å². The number of hydrogen-bond donors (Lipinski definition) is 1. The molecular formula is C20H15FN2O2. The third-order valence-corrected chi connectivity index (χ3v) is 4.18. The molecule has 0 bridgehead atoms. The van der Waals surface area contributed by atoms with Gasteiger partial charge in [-0.1, -0.05) is 60.7 Å². The van der Waals surface area contributed by atoms with Crippen molar-refractivity contribution >= 4 is 6.09 Å². The van der Waals surface area contributed by atoms with Crippen LogP contribution in [-0.4, -0.2) is 11.1 Å². The summed E-state index contributed by atoms with van der Waals surface area (Å²) in [5.74, 6) is -0.476. The zero-order chi connectivity index (χ0) is 17.2. The van der Waals surface area contributed by atoms with Gasteiger partial charge >= 0.3 is 6.09 Å². The van der Waals surface area contributed by atoms with Crippen molar-refractivity contribution in [2.45, 2.75) is 12.1 Å². The Morgan fingerprint density at radius 1 is 0.920 bits per heavy atom. The fourth-order valence-electron chi connectivity index (χ4n) is 2.98. The molecule has 3 aromatic rings. The van der Waals surface area contributed by atoms with E-state index < -0.39 is 24.1 Å². The highest BCUT2D eigenvalue weighted by Gasteiger charge is 2.39. The van der Waals surface area contributed by atoms with Gasteiger partial charge in [0.15, 0.2) is 6.10 Å². The standard InChI is InChI=1S/C20H15FN2O2/c21-15-11-12-16(13-7-3-1-4-8-13)22-17(15)18-19(25-20(24)23-18)14-9-5-2-6-10-14/h1-12,18-19H,(H,23,24)/t18-,19-/m1/s1. The van der Waals surface area contributed by atoms with E-state index in [0.29, 0.717) is 5.69 Å². The van der Waals surface area contributed by atoms with E-state index in [0.717, 1.165) is 11.1 Å². The Balaban J connectivity index is 1.76. The van der Waals surface area contributed by atoms with E-state index in [1.165, 1.54) is 6.07 Å². The first-order chi connectivity index (χ1) is 12.2. The SMILES string of the molecule is O=C1N[C@H](c2nc(-c3ccccc3)ccc2F)[C@@H](c2ccccc2)O1. The number of amides is 1. The van der Waals surface area contributed by atoms with E-state index in [9.17, 15) is 9.18 Å². The lowest BCUT2D eigenvalue weighted by molar-refractivity contribution is 0.131. The molecule has 0 aliphatic carbocycles. The van der Waals surface area contributed by atoms with Gasteiger partial charge < -0.3 is 10.1 Å². The second-order valence-corrected chi connectivity index (χ2v) is 5.79. The second-order valence-electron chi connectivity index (χ2n) is 5.79. The maximum absolute atomic E-state index is 14.5. The first kappa shape index (κ1) is 15.3. The molecule has 2 aromatic carbocycles. The number of carbonyl (C=O) groups is 1. The average molecular weight is 334 g/mol. The lowest BCUT2D eigenvalue weighted by atomic mass is 9.99. The number of ether oxygens (including phenoxy) is 1. The van der Waals surface area contributed by atoms with Crippen LogP contribution in [0.25, 0.3) is 11.3 Å². The molecule has 25 heavy (non-hydrogen) atoms. The largest absolute Gasteiger partial charge is 0.439 e. The molecule has 1 amide bonds. The van der Waals surface area contributed by atoms with Gasteiger partial charge in [0.25, 0.3) is 0 Å². The Labute approximate surface area is 144 Å². The maximum atomic E-state index is 14.5. The van der Waals surface area contributed by atoms with Gasteiger partial charge in [0.1, 0.15) is 17.6 Å². The van der Waals surface area contributed by atoms with Crippen LogP contribution in [0, 0.1) is 5.82 Å². The number of alkyl carbamates (subject to hydrolysis) is 1. The molecule has 0 saturated carbocycles. The van der Waals surface area contributed by atoms with Crippen LogP contribution in [0.3, 0.4) is 0 Å². The van der Waals surface area contributed by atoms with E-state index in [-0.39, 0.29) is 5.69 Å². The minimum Gasteiger partial charge on any atom is -0.439 e. The van der Waals surface area contributed by atoms with Crippen molar-refractivity contribution in [2.24, 2.45) is 0 Å². The lowest BCUT2D eigenvalue weighted by Crippen LogP contribution is -2.22. The number of nitrogens with zero attached hydrogens (tertiary/aromatic N) is 1. The van der Waals surface area contributed by atoms with Crippen LogP contribution < -0.4 is 5.32 Å². The molecule has 4 nitrogen and oxygen atoms in total. The third-order valence-electron chi connectivity index (χ3n) is 4.18. The number of carbonyl (C=O) groups excluding carboxylic acids is 1. The molecule has 1 aliphatic rings. The Hall–Kier alpha value is -3.21. The molecule has 5 heteroatoms. The number of cyclic esters (lactones) is 1. The quantitative estimate of drug-likeness (QED) is 0.772. The minimum atomic E-state index is -0.682. The second kappa shape index (κ2) is 6.36. The molecule has 0 radical (unpaired) electrons. The highest BCUT2D eigenvalue weighted by atomic mass is 19.1. The van der Waals surface area contributed by atoms with Crippen LogP contribution in [0.4, 0.5) is 9.18 Å². The van der Waals surface area contributed by atoms with Gasteiger partial charge in [-0.15, -0.1) is 0 Å². The summed E-state index contributed by atoms with van der Waals surface area (Å²) in [5, 5.41) is 2.67. The smallest absolute Gasteiger partial charge is 0.408 e. The summed E-state index contributed by atoms with van der Waals surface area (Å²) < 4.78 is 19.8. The maximum Gasteiger partial charge on any atom is 0.408 e. The fraction of sp³-hybridized carbons (Fsp3) is 0.100. The van der Waals surface area contributed by atoms with Crippen molar-refractivity contribution in [1.29, 1.82) is 0 Å². The molecule has 2 heterocycles. The molecule has 1 aromatic heterocycles. The predicted molar refractivity (Wildman–Crippen MR) is 91.2 cm³/mol. The van der Waals surface area contributed by atoms with Gasteiger partial charge in [-0.25, -0.2) is 14.2 Å². The van der Waals surface area contributed by atoms with Crippen molar-refractivity contribution in [3.05, 3.63) is 89.9 Å². The number of rotatable bonds is 3. The van der Waals surface area contributed by atoms with Crippen molar-refractivity contribution in [2.75, 3.05) is 0 Å². The van der Waals surface area contributed by atoms with E-state index in [2.05, 4.69) is 10.3 Å². The Morgan fingerprint density at radius 2 is 1.60 bits per heavy atom. The number of halogens is 1. The van der Waals surface area contributed by atoms with E-state index in [4.69, 9.17) is 4.74 Å². The Morgan fingerprint density at radius 3 is 2.32 bits per heavy atom. The molecule has 1 N–H and O–H groups in total. The van der Waals surface area contributed by atoms with Crippen LogP contribution in [-0.2, 0) is 4.74 Å². The van der Waals surface area contributed by atoms with Crippen LogP contribution >= 0.6 is 0 Å². The van der Waals surface area contributed by atoms with Crippen LogP contribution in [0.1, 0.15) is 23.4 Å². The average Bonchev–Trinajstić information content (AvgIpc) is 3.05. The Kier molecular flexibility index (Phi) is 3.90. The number of aromatic nitrogens is 1. The number of nitrogens with one attached hydrogen (secondary N) is 1. The molecule has 1 saturated heterocycles.